The van der Waals surface area contributed by atoms with E-state index in [4.69, 9.17) is 15.2 Å². The monoisotopic (exact) mass is 278 g/mol. The maximum Gasteiger partial charge on any atom is 0.258 e. The van der Waals surface area contributed by atoms with Gasteiger partial charge in [-0.2, -0.15) is 0 Å². The van der Waals surface area contributed by atoms with Gasteiger partial charge in [0.2, 0.25) is 0 Å². The van der Waals surface area contributed by atoms with Crippen LogP contribution in [0, 0.1) is 0 Å². The zero-order chi connectivity index (χ0) is 14.5. The maximum absolute atomic E-state index is 12.8. The molecule has 1 unspecified atom stereocenters. The van der Waals surface area contributed by atoms with Crippen LogP contribution in [0.5, 0.6) is 11.5 Å². The lowest BCUT2D eigenvalue weighted by molar-refractivity contribution is 0.0619. The predicted octanol–water partition coefficient (Wildman–Crippen LogP) is 1.66. The first-order valence-electron chi connectivity index (χ1n) is 6.95. The summed E-state index contributed by atoms with van der Waals surface area (Å²) in [5.74, 6) is 1.02. The lowest BCUT2D eigenvalue weighted by Crippen LogP contribution is -2.47. The number of ether oxygens (including phenoxy) is 2. The molecule has 0 spiro atoms. The Morgan fingerprint density at radius 1 is 1.35 bits per heavy atom. The number of likely N-dealkylation sites (tertiary alicyclic amines) is 1. The van der Waals surface area contributed by atoms with Crippen LogP contribution in [0.25, 0.3) is 0 Å². The van der Waals surface area contributed by atoms with Crippen molar-refractivity contribution in [2.75, 3.05) is 27.3 Å². The molecule has 20 heavy (non-hydrogen) atoms. The SMILES string of the molecule is COc1cccc(C(=O)N2CCCCC2CN)c1OC. The lowest BCUT2D eigenvalue weighted by atomic mass is 10.0. The summed E-state index contributed by atoms with van der Waals surface area (Å²) in [5.41, 5.74) is 6.32. The summed E-state index contributed by atoms with van der Waals surface area (Å²) >= 11 is 0. The van der Waals surface area contributed by atoms with Crippen LogP contribution in [0.2, 0.25) is 0 Å². The van der Waals surface area contributed by atoms with E-state index in [1.165, 1.54) is 0 Å². The number of nitrogens with two attached hydrogens (primary N) is 1. The van der Waals surface area contributed by atoms with E-state index in [-0.39, 0.29) is 11.9 Å². The van der Waals surface area contributed by atoms with Crippen LogP contribution >= 0.6 is 0 Å². The Bertz CT molecular complexity index is 476. The summed E-state index contributed by atoms with van der Waals surface area (Å²) in [7, 11) is 3.11. The Balaban J connectivity index is 2.32. The number of para-hydroxylation sites is 1. The molecule has 0 bridgehead atoms. The number of hydrogen-bond donors (Lipinski definition) is 1. The third kappa shape index (κ3) is 2.72. The van der Waals surface area contributed by atoms with Crippen molar-refractivity contribution in [3.05, 3.63) is 23.8 Å². The van der Waals surface area contributed by atoms with Gasteiger partial charge in [-0.3, -0.25) is 4.79 Å². The minimum Gasteiger partial charge on any atom is -0.493 e. The van der Waals surface area contributed by atoms with Gasteiger partial charge in [0.25, 0.3) is 5.91 Å². The van der Waals surface area contributed by atoms with E-state index in [9.17, 15) is 4.79 Å². The molecule has 1 saturated heterocycles. The fourth-order valence-corrected chi connectivity index (χ4v) is 2.72. The first kappa shape index (κ1) is 14.7. The smallest absolute Gasteiger partial charge is 0.258 e. The van der Waals surface area contributed by atoms with Crippen molar-refractivity contribution in [1.29, 1.82) is 0 Å². The summed E-state index contributed by atoms with van der Waals surface area (Å²) in [6.07, 6.45) is 3.12. The van der Waals surface area contributed by atoms with Gasteiger partial charge in [-0.1, -0.05) is 6.07 Å². The number of hydrogen-bond acceptors (Lipinski definition) is 4. The molecule has 0 aromatic heterocycles. The number of methoxy groups -OCH3 is 2. The van der Waals surface area contributed by atoms with Gasteiger partial charge in [0.15, 0.2) is 11.5 Å². The van der Waals surface area contributed by atoms with E-state index in [1.54, 1.807) is 32.4 Å². The van der Waals surface area contributed by atoms with Crippen LogP contribution in [0.15, 0.2) is 18.2 Å². The van der Waals surface area contributed by atoms with Gasteiger partial charge in [0.05, 0.1) is 19.8 Å². The minimum atomic E-state index is -0.0316. The van der Waals surface area contributed by atoms with Crippen molar-refractivity contribution in [3.8, 4) is 11.5 Å². The molecule has 5 nitrogen and oxygen atoms in total. The number of amides is 1. The quantitative estimate of drug-likeness (QED) is 0.909. The average Bonchev–Trinajstić information content (AvgIpc) is 2.53. The Labute approximate surface area is 119 Å². The predicted molar refractivity (Wildman–Crippen MR) is 77.3 cm³/mol. The van der Waals surface area contributed by atoms with E-state index in [0.717, 1.165) is 25.8 Å². The Kier molecular flexibility index (Phi) is 4.84. The minimum absolute atomic E-state index is 0.0316. The number of benzene rings is 1. The van der Waals surface area contributed by atoms with Crippen LogP contribution in [0.3, 0.4) is 0 Å². The number of piperidine rings is 1. The van der Waals surface area contributed by atoms with E-state index < -0.39 is 0 Å². The van der Waals surface area contributed by atoms with Crippen LogP contribution in [0.1, 0.15) is 29.6 Å². The average molecular weight is 278 g/mol. The molecule has 1 heterocycles. The molecule has 2 rings (SSSR count). The van der Waals surface area contributed by atoms with Gasteiger partial charge in [-0.05, 0) is 31.4 Å². The van der Waals surface area contributed by atoms with Crippen molar-refractivity contribution < 1.29 is 14.3 Å². The second kappa shape index (κ2) is 6.61. The van der Waals surface area contributed by atoms with Crippen molar-refractivity contribution >= 4 is 5.91 Å². The molecule has 110 valence electrons. The molecule has 1 aromatic rings. The van der Waals surface area contributed by atoms with Crippen LogP contribution in [-0.2, 0) is 0 Å². The summed E-state index contributed by atoms with van der Waals surface area (Å²) in [6.45, 7) is 1.25. The highest BCUT2D eigenvalue weighted by Crippen LogP contribution is 2.32. The largest absolute Gasteiger partial charge is 0.493 e. The van der Waals surface area contributed by atoms with E-state index in [2.05, 4.69) is 0 Å². The molecule has 1 amide bonds. The Morgan fingerprint density at radius 2 is 2.15 bits per heavy atom. The topological polar surface area (TPSA) is 64.8 Å². The molecule has 0 radical (unpaired) electrons. The van der Waals surface area contributed by atoms with Crippen molar-refractivity contribution in [3.63, 3.8) is 0 Å². The molecule has 1 atom stereocenters. The molecular formula is C15H22N2O3. The highest BCUT2D eigenvalue weighted by Gasteiger charge is 2.28. The van der Waals surface area contributed by atoms with Gasteiger partial charge < -0.3 is 20.1 Å². The summed E-state index contributed by atoms with van der Waals surface area (Å²) in [5, 5.41) is 0. The fourth-order valence-electron chi connectivity index (χ4n) is 2.72. The molecule has 5 heteroatoms. The molecule has 1 aliphatic heterocycles. The molecule has 1 aliphatic rings. The van der Waals surface area contributed by atoms with Gasteiger partial charge in [-0.25, -0.2) is 0 Å². The summed E-state index contributed by atoms with van der Waals surface area (Å²) in [6, 6.07) is 5.47. The van der Waals surface area contributed by atoms with E-state index >= 15 is 0 Å². The first-order valence-corrected chi connectivity index (χ1v) is 6.95. The van der Waals surface area contributed by atoms with Crippen LogP contribution in [-0.4, -0.2) is 44.2 Å². The van der Waals surface area contributed by atoms with Crippen LogP contribution in [0.4, 0.5) is 0 Å². The van der Waals surface area contributed by atoms with Gasteiger partial charge >= 0.3 is 0 Å². The maximum atomic E-state index is 12.8. The molecule has 0 saturated carbocycles. The third-order valence-electron chi connectivity index (χ3n) is 3.79. The van der Waals surface area contributed by atoms with Crippen molar-refractivity contribution in [1.82, 2.24) is 4.90 Å². The van der Waals surface area contributed by atoms with Crippen molar-refractivity contribution in [2.24, 2.45) is 5.73 Å². The highest BCUT2D eigenvalue weighted by molar-refractivity contribution is 5.98. The van der Waals surface area contributed by atoms with Crippen LogP contribution < -0.4 is 15.2 Å². The standard InChI is InChI=1S/C15H22N2O3/c1-19-13-8-5-7-12(14(13)20-2)15(18)17-9-4-3-6-11(17)10-16/h5,7-8,11H,3-4,6,9-10,16H2,1-2H3. The number of carbonyl (C=O) groups is 1. The number of carbonyl (C=O) groups excluding carboxylic acids is 1. The summed E-state index contributed by atoms with van der Waals surface area (Å²) < 4.78 is 10.6. The van der Waals surface area contributed by atoms with E-state index in [1.807, 2.05) is 4.90 Å². The van der Waals surface area contributed by atoms with Gasteiger partial charge in [0.1, 0.15) is 0 Å². The zero-order valence-electron chi connectivity index (χ0n) is 12.1. The van der Waals surface area contributed by atoms with Gasteiger partial charge in [0, 0.05) is 19.1 Å². The first-order chi connectivity index (χ1) is 9.72. The Morgan fingerprint density at radius 3 is 2.80 bits per heavy atom. The van der Waals surface area contributed by atoms with Crippen molar-refractivity contribution in [2.45, 2.75) is 25.3 Å². The van der Waals surface area contributed by atoms with Gasteiger partial charge in [-0.15, -0.1) is 0 Å². The van der Waals surface area contributed by atoms with E-state index in [0.29, 0.717) is 23.6 Å². The Hall–Kier alpha value is -1.75. The third-order valence-corrected chi connectivity index (χ3v) is 3.79. The zero-order valence-corrected chi connectivity index (χ0v) is 12.1. The number of nitrogens with zero attached hydrogens (tertiary/aromatic N) is 1. The molecular weight excluding hydrogens is 256 g/mol. The second-order valence-corrected chi connectivity index (χ2v) is 4.92. The molecule has 0 aliphatic carbocycles. The highest BCUT2D eigenvalue weighted by atomic mass is 16.5. The second-order valence-electron chi connectivity index (χ2n) is 4.92. The summed E-state index contributed by atoms with van der Waals surface area (Å²) in [4.78, 5) is 14.6. The fraction of sp³-hybridized carbons (Fsp3) is 0.533. The molecule has 2 N–H and O–H groups in total. The number of rotatable bonds is 4. The normalized spacial score (nSPS) is 18.8. The molecule has 1 aromatic carbocycles. The molecule has 1 fully saturated rings. The lowest BCUT2D eigenvalue weighted by Gasteiger charge is -2.35.